The van der Waals surface area contributed by atoms with Crippen molar-refractivity contribution in [3.8, 4) is 0 Å². The maximum Gasteiger partial charge on any atom is 0.225 e. The third-order valence-corrected chi connectivity index (χ3v) is 4.93. The Morgan fingerprint density at radius 2 is 2.17 bits per heavy atom. The average molecular weight is 332 g/mol. The van der Waals surface area contributed by atoms with Crippen molar-refractivity contribution in [3.63, 3.8) is 0 Å². The van der Waals surface area contributed by atoms with Gasteiger partial charge in [-0.05, 0) is 37.7 Å². The molecule has 130 valence electrons. The number of aryl methyl sites for hydroxylation is 1. The lowest BCUT2D eigenvalue weighted by molar-refractivity contribution is -0.125. The van der Waals surface area contributed by atoms with Gasteiger partial charge in [-0.2, -0.15) is 0 Å². The number of hydrogen-bond acceptors (Lipinski definition) is 3. The van der Waals surface area contributed by atoms with Crippen LogP contribution in [-0.2, 0) is 11.3 Å². The number of fused-ring (bicyclic) bond motifs is 1. The van der Waals surface area contributed by atoms with Crippen LogP contribution in [0.5, 0.6) is 0 Å². The van der Waals surface area contributed by atoms with Gasteiger partial charge in [-0.15, -0.1) is 0 Å². The molecular formula is C18H25FN4O. The number of nitrogens with zero attached hydrogens (tertiary/aromatic N) is 2. The van der Waals surface area contributed by atoms with Crippen molar-refractivity contribution in [1.82, 2.24) is 20.1 Å². The van der Waals surface area contributed by atoms with Gasteiger partial charge in [0.25, 0.3) is 0 Å². The maximum absolute atomic E-state index is 13.5. The van der Waals surface area contributed by atoms with E-state index in [-0.39, 0.29) is 17.6 Å². The molecule has 0 radical (unpaired) electrons. The van der Waals surface area contributed by atoms with Crippen LogP contribution in [0.3, 0.4) is 0 Å². The Balaban J connectivity index is 1.81. The van der Waals surface area contributed by atoms with Crippen LogP contribution in [0.4, 0.5) is 4.39 Å². The van der Waals surface area contributed by atoms with Crippen molar-refractivity contribution >= 4 is 16.8 Å². The predicted molar refractivity (Wildman–Crippen MR) is 93.3 cm³/mol. The second kappa shape index (κ2) is 6.91. The third-order valence-electron chi connectivity index (χ3n) is 4.93. The minimum atomic E-state index is -0.216. The summed E-state index contributed by atoms with van der Waals surface area (Å²) in [5, 5.41) is 3.70. The Morgan fingerprint density at radius 3 is 2.92 bits per heavy atom. The molecular weight excluding hydrogens is 307 g/mol. The first-order chi connectivity index (χ1) is 11.5. The van der Waals surface area contributed by atoms with Crippen LogP contribution < -0.4 is 5.32 Å². The van der Waals surface area contributed by atoms with Gasteiger partial charge in [0.1, 0.15) is 5.82 Å². The van der Waals surface area contributed by atoms with Crippen molar-refractivity contribution in [2.75, 3.05) is 40.3 Å². The van der Waals surface area contributed by atoms with E-state index in [1.807, 2.05) is 6.92 Å². The van der Waals surface area contributed by atoms with Crippen LogP contribution in [0.15, 0.2) is 18.2 Å². The highest BCUT2D eigenvalue weighted by molar-refractivity contribution is 5.84. The predicted octanol–water partition coefficient (Wildman–Crippen LogP) is 1.73. The van der Waals surface area contributed by atoms with Gasteiger partial charge in [0, 0.05) is 56.4 Å². The highest BCUT2D eigenvalue weighted by Crippen LogP contribution is 2.24. The molecule has 1 aliphatic rings. The smallest absolute Gasteiger partial charge is 0.225 e. The van der Waals surface area contributed by atoms with E-state index in [0.29, 0.717) is 0 Å². The van der Waals surface area contributed by atoms with Gasteiger partial charge in [-0.1, -0.05) is 0 Å². The summed E-state index contributed by atoms with van der Waals surface area (Å²) in [4.78, 5) is 20.0. The van der Waals surface area contributed by atoms with E-state index < -0.39 is 0 Å². The molecule has 24 heavy (non-hydrogen) atoms. The molecule has 1 aromatic carbocycles. The molecule has 1 atom stereocenters. The van der Waals surface area contributed by atoms with E-state index in [4.69, 9.17) is 0 Å². The zero-order valence-electron chi connectivity index (χ0n) is 14.5. The van der Waals surface area contributed by atoms with Gasteiger partial charge in [-0.3, -0.25) is 9.69 Å². The number of carbonyl (C=O) groups excluding carboxylic acids is 1. The van der Waals surface area contributed by atoms with E-state index in [9.17, 15) is 9.18 Å². The van der Waals surface area contributed by atoms with Gasteiger partial charge in [-0.25, -0.2) is 4.39 Å². The van der Waals surface area contributed by atoms with Crippen molar-refractivity contribution in [2.24, 2.45) is 5.92 Å². The fraction of sp³-hybridized carbons (Fsp3) is 0.500. The molecule has 1 unspecified atom stereocenters. The molecule has 1 fully saturated rings. The van der Waals surface area contributed by atoms with E-state index in [1.165, 1.54) is 6.07 Å². The third kappa shape index (κ3) is 3.44. The molecule has 3 rings (SSSR count). The maximum atomic E-state index is 13.5. The van der Waals surface area contributed by atoms with Gasteiger partial charge >= 0.3 is 0 Å². The lowest BCUT2D eigenvalue weighted by Crippen LogP contribution is -2.39. The Kier molecular flexibility index (Phi) is 4.87. The first-order valence-electron chi connectivity index (χ1n) is 8.37. The van der Waals surface area contributed by atoms with E-state index in [2.05, 4.69) is 27.1 Å². The van der Waals surface area contributed by atoms with Crippen LogP contribution in [-0.4, -0.2) is 61.0 Å². The first kappa shape index (κ1) is 16.9. The Hall–Kier alpha value is -1.92. The molecule has 2 aromatic rings. The molecule has 0 aliphatic carbocycles. The van der Waals surface area contributed by atoms with Crippen LogP contribution in [0.2, 0.25) is 0 Å². The molecule has 5 nitrogen and oxygen atoms in total. The highest BCUT2D eigenvalue weighted by Gasteiger charge is 2.26. The summed E-state index contributed by atoms with van der Waals surface area (Å²) in [7, 11) is 3.74. The summed E-state index contributed by atoms with van der Waals surface area (Å²) >= 11 is 0. The summed E-state index contributed by atoms with van der Waals surface area (Å²) in [5.41, 5.74) is 3.13. The monoisotopic (exact) mass is 332 g/mol. The van der Waals surface area contributed by atoms with Crippen molar-refractivity contribution < 1.29 is 9.18 Å². The summed E-state index contributed by atoms with van der Waals surface area (Å²) in [6.07, 6.45) is 0. The zero-order chi connectivity index (χ0) is 17.3. The number of aromatic nitrogens is 1. The minimum absolute atomic E-state index is 0.0374. The van der Waals surface area contributed by atoms with E-state index in [1.54, 1.807) is 19.2 Å². The number of rotatable bonds is 3. The number of benzene rings is 1. The van der Waals surface area contributed by atoms with E-state index >= 15 is 0 Å². The lowest BCUT2D eigenvalue weighted by Gasteiger charge is -2.22. The number of halogens is 1. The highest BCUT2D eigenvalue weighted by atomic mass is 19.1. The van der Waals surface area contributed by atoms with Gasteiger partial charge in [0.05, 0.1) is 5.92 Å². The van der Waals surface area contributed by atoms with Crippen LogP contribution in [0.1, 0.15) is 11.3 Å². The minimum Gasteiger partial charge on any atom is -0.359 e. The SMILES string of the molecule is CNC(=O)C1CN(C)CCN(Cc2[nH]c3ccc(F)cc3c2C)C1. The molecule has 0 bridgehead atoms. The number of amides is 1. The van der Waals surface area contributed by atoms with Gasteiger partial charge < -0.3 is 15.2 Å². The fourth-order valence-electron chi connectivity index (χ4n) is 3.49. The summed E-state index contributed by atoms with van der Waals surface area (Å²) < 4.78 is 13.5. The molecule has 0 spiro atoms. The molecule has 1 amide bonds. The number of carbonyl (C=O) groups is 1. The van der Waals surface area contributed by atoms with Crippen LogP contribution in [0.25, 0.3) is 10.9 Å². The number of nitrogens with one attached hydrogen (secondary N) is 2. The summed E-state index contributed by atoms with van der Waals surface area (Å²) in [6.45, 7) is 6.10. The normalized spacial score (nSPS) is 20.2. The average Bonchev–Trinajstić information content (AvgIpc) is 2.74. The Morgan fingerprint density at radius 1 is 1.38 bits per heavy atom. The van der Waals surface area contributed by atoms with Crippen LogP contribution in [0, 0.1) is 18.7 Å². The van der Waals surface area contributed by atoms with Gasteiger partial charge in [0.15, 0.2) is 0 Å². The van der Waals surface area contributed by atoms with E-state index in [0.717, 1.165) is 54.9 Å². The lowest BCUT2D eigenvalue weighted by atomic mass is 10.1. The second-order valence-corrected chi connectivity index (χ2v) is 6.73. The number of H-pyrrole nitrogens is 1. The molecule has 6 heteroatoms. The zero-order valence-corrected chi connectivity index (χ0v) is 14.5. The summed E-state index contributed by atoms with van der Waals surface area (Å²) in [5.74, 6) is -0.166. The Labute approximate surface area is 141 Å². The molecule has 2 heterocycles. The molecule has 0 saturated carbocycles. The Bertz CT molecular complexity index is 742. The largest absolute Gasteiger partial charge is 0.359 e. The molecule has 1 aliphatic heterocycles. The fourth-order valence-corrected chi connectivity index (χ4v) is 3.49. The number of aromatic amines is 1. The standard InChI is InChI=1S/C18H25FN4O/c1-12-15-8-14(19)4-5-16(15)21-17(12)11-23-7-6-22(3)9-13(10-23)18(24)20-2/h4-5,8,13,21H,6-7,9-11H2,1-3H3,(H,20,24). The molecule has 1 saturated heterocycles. The quantitative estimate of drug-likeness (QED) is 0.900. The van der Waals surface area contributed by atoms with Gasteiger partial charge in [0.2, 0.25) is 5.91 Å². The van der Waals surface area contributed by atoms with Crippen molar-refractivity contribution in [3.05, 3.63) is 35.3 Å². The number of hydrogen-bond donors (Lipinski definition) is 2. The summed E-state index contributed by atoms with van der Waals surface area (Å²) in [6, 6.07) is 4.84. The van der Waals surface area contributed by atoms with Crippen LogP contribution >= 0.6 is 0 Å². The second-order valence-electron chi connectivity index (χ2n) is 6.73. The van der Waals surface area contributed by atoms with Crippen molar-refractivity contribution in [2.45, 2.75) is 13.5 Å². The number of likely N-dealkylation sites (N-methyl/N-ethyl adjacent to an activating group) is 1. The first-order valence-corrected chi connectivity index (χ1v) is 8.37. The topological polar surface area (TPSA) is 51.4 Å². The molecule has 1 aromatic heterocycles. The molecule has 2 N–H and O–H groups in total. The van der Waals surface area contributed by atoms with Crippen molar-refractivity contribution in [1.29, 1.82) is 0 Å².